The summed E-state index contributed by atoms with van der Waals surface area (Å²) in [5.41, 5.74) is 1.36. The Morgan fingerprint density at radius 2 is 1.90 bits per heavy atom. The van der Waals surface area contributed by atoms with E-state index >= 15 is 0 Å². The van der Waals surface area contributed by atoms with Crippen LogP contribution in [0, 0.1) is 0 Å². The molecule has 1 unspecified atom stereocenters. The van der Waals surface area contributed by atoms with Gasteiger partial charge in [-0.15, -0.1) is 0 Å². The van der Waals surface area contributed by atoms with Crippen LogP contribution < -0.4 is 5.32 Å². The SMILES string of the molecule is CCCNC(CN(C)CCOC(C)C)c1ccccc1. The van der Waals surface area contributed by atoms with Crippen LogP contribution in [0.15, 0.2) is 30.3 Å². The van der Waals surface area contributed by atoms with Crippen molar-refractivity contribution in [1.29, 1.82) is 0 Å². The second-order valence-corrected chi connectivity index (χ2v) is 5.60. The summed E-state index contributed by atoms with van der Waals surface area (Å²) in [6, 6.07) is 11.1. The van der Waals surface area contributed by atoms with Crippen molar-refractivity contribution in [2.75, 3.05) is 33.3 Å². The van der Waals surface area contributed by atoms with Gasteiger partial charge in [0.05, 0.1) is 12.7 Å². The molecule has 0 spiro atoms. The molecule has 3 heteroatoms. The van der Waals surface area contributed by atoms with Crippen molar-refractivity contribution in [3.8, 4) is 0 Å². The van der Waals surface area contributed by atoms with Crippen LogP contribution >= 0.6 is 0 Å². The minimum atomic E-state index is 0.312. The van der Waals surface area contributed by atoms with Gasteiger partial charge in [-0.2, -0.15) is 0 Å². The van der Waals surface area contributed by atoms with Crippen LogP contribution in [0.3, 0.4) is 0 Å². The third kappa shape index (κ3) is 7.04. The van der Waals surface area contributed by atoms with Gasteiger partial charge in [0.2, 0.25) is 0 Å². The summed E-state index contributed by atoms with van der Waals surface area (Å²) in [5, 5.41) is 3.63. The molecule has 0 aliphatic rings. The Kier molecular flexibility index (Phi) is 8.51. The minimum Gasteiger partial charge on any atom is -0.377 e. The third-order valence-electron chi connectivity index (χ3n) is 3.26. The first-order chi connectivity index (χ1) is 9.63. The third-order valence-corrected chi connectivity index (χ3v) is 3.26. The Morgan fingerprint density at radius 3 is 2.50 bits per heavy atom. The molecule has 0 fully saturated rings. The van der Waals surface area contributed by atoms with Crippen molar-refractivity contribution < 1.29 is 4.74 Å². The fourth-order valence-corrected chi connectivity index (χ4v) is 2.14. The molecule has 0 bridgehead atoms. The lowest BCUT2D eigenvalue weighted by atomic mass is 10.1. The van der Waals surface area contributed by atoms with Crippen molar-refractivity contribution >= 4 is 0 Å². The lowest BCUT2D eigenvalue weighted by Crippen LogP contribution is -2.35. The standard InChI is InChI=1S/C17H30N2O/c1-5-11-18-17(16-9-7-6-8-10-16)14-19(4)12-13-20-15(2)3/h6-10,15,17-18H,5,11-14H2,1-4H3. The minimum absolute atomic E-state index is 0.312. The highest BCUT2D eigenvalue weighted by atomic mass is 16.5. The van der Waals surface area contributed by atoms with Crippen LogP contribution in [0.25, 0.3) is 0 Å². The van der Waals surface area contributed by atoms with Gasteiger partial charge in [-0.1, -0.05) is 37.3 Å². The number of nitrogens with one attached hydrogen (secondary N) is 1. The number of ether oxygens (including phenoxy) is 1. The van der Waals surface area contributed by atoms with Gasteiger partial charge in [0, 0.05) is 19.1 Å². The van der Waals surface area contributed by atoms with E-state index in [-0.39, 0.29) is 0 Å². The monoisotopic (exact) mass is 278 g/mol. The Hall–Kier alpha value is -0.900. The van der Waals surface area contributed by atoms with E-state index in [4.69, 9.17) is 4.74 Å². The van der Waals surface area contributed by atoms with Crippen LogP contribution in [0.2, 0.25) is 0 Å². The van der Waals surface area contributed by atoms with Crippen LogP contribution in [0.5, 0.6) is 0 Å². The first-order valence-electron chi connectivity index (χ1n) is 7.72. The zero-order chi connectivity index (χ0) is 14.8. The molecule has 1 atom stereocenters. The highest BCUT2D eigenvalue weighted by Gasteiger charge is 2.12. The molecule has 0 aliphatic carbocycles. The molecule has 20 heavy (non-hydrogen) atoms. The summed E-state index contributed by atoms with van der Waals surface area (Å²) in [4.78, 5) is 2.34. The molecule has 1 N–H and O–H groups in total. The molecule has 1 rings (SSSR count). The molecule has 0 amide bonds. The molecule has 1 aromatic rings. The molecule has 0 saturated heterocycles. The number of hydrogen-bond acceptors (Lipinski definition) is 3. The highest BCUT2D eigenvalue weighted by Crippen LogP contribution is 2.13. The Morgan fingerprint density at radius 1 is 1.20 bits per heavy atom. The van der Waals surface area contributed by atoms with Crippen LogP contribution in [0.1, 0.15) is 38.8 Å². The predicted octanol–water partition coefficient (Wildman–Crippen LogP) is 3.08. The van der Waals surface area contributed by atoms with E-state index in [1.807, 2.05) is 0 Å². The smallest absolute Gasteiger partial charge is 0.0596 e. The van der Waals surface area contributed by atoms with Gasteiger partial charge in [0.1, 0.15) is 0 Å². The van der Waals surface area contributed by atoms with E-state index in [1.165, 1.54) is 5.56 Å². The first kappa shape index (κ1) is 17.2. The average molecular weight is 278 g/mol. The lowest BCUT2D eigenvalue weighted by Gasteiger charge is -2.25. The van der Waals surface area contributed by atoms with Gasteiger partial charge < -0.3 is 15.0 Å². The van der Waals surface area contributed by atoms with Crippen molar-refractivity contribution in [2.45, 2.75) is 39.3 Å². The van der Waals surface area contributed by atoms with Gasteiger partial charge in [-0.3, -0.25) is 0 Å². The van der Waals surface area contributed by atoms with Crippen LogP contribution in [-0.2, 0) is 4.74 Å². The Labute approximate surface area is 124 Å². The zero-order valence-corrected chi connectivity index (χ0v) is 13.4. The number of nitrogens with zero attached hydrogens (tertiary/aromatic N) is 1. The predicted molar refractivity (Wildman–Crippen MR) is 86.1 cm³/mol. The molecular formula is C17H30N2O. The maximum Gasteiger partial charge on any atom is 0.0596 e. The maximum atomic E-state index is 5.62. The van der Waals surface area contributed by atoms with Crippen molar-refractivity contribution in [1.82, 2.24) is 10.2 Å². The molecule has 3 nitrogen and oxygen atoms in total. The summed E-state index contributed by atoms with van der Waals surface area (Å²) in [6.07, 6.45) is 1.47. The Balaban J connectivity index is 2.47. The second kappa shape index (κ2) is 9.92. The van der Waals surface area contributed by atoms with Crippen LogP contribution in [-0.4, -0.2) is 44.3 Å². The molecule has 0 saturated carbocycles. The van der Waals surface area contributed by atoms with Gasteiger partial charge >= 0.3 is 0 Å². The van der Waals surface area contributed by atoms with Gasteiger partial charge in [-0.05, 0) is 39.4 Å². The summed E-state index contributed by atoms with van der Waals surface area (Å²) in [5.74, 6) is 0. The topological polar surface area (TPSA) is 24.5 Å². The number of benzene rings is 1. The number of hydrogen-bond donors (Lipinski definition) is 1. The normalized spacial score (nSPS) is 13.1. The van der Waals surface area contributed by atoms with E-state index < -0.39 is 0 Å². The largest absolute Gasteiger partial charge is 0.377 e. The molecule has 0 aromatic heterocycles. The molecular weight excluding hydrogens is 248 g/mol. The fourth-order valence-electron chi connectivity index (χ4n) is 2.14. The van der Waals surface area contributed by atoms with E-state index in [9.17, 15) is 0 Å². The quantitative estimate of drug-likeness (QED) is 0.712. The van der Waals surface area contributed by atoms with Crippen molar-refractivity contribution in [2.24, 2.45) is 0 Å². The molecule has 0 radical (unpaired) electrons. The van der Waals surface area contributed by atoms with E-state index in [1.54, 1.807) is 0 Å². The van der Waals surface area contributed by atoms with Crippen LogP contribution in [0.4, 0.5) is 0 Å². The average Bonchev–Trinajstić information content (AvgIpc) is 2.44. The van der Waals surface area contributed by atoms with Gasteiger partial charge in [-0.25, -0.2) is 0 Å². The summed E-state index contributed by atoms with van der Waals surface area (Å²) in [6.45, 7) is 10.2. The lowest BCUT2D eigenvalue weighted by molar-refractivity contribution is 0.0622. The maximum absolute atomic E-state index is 5.62. The molecule has 1 aromatic carbocycles. The fraction of sp³-hybridized carbons (Fsp3) is 0.647. The first-order valence-corrected chi connectivity index (χ1v) is 7.72. The van der Waals surface area contributed by atoms with Crippen molar-refractivity contribution in [3.05, 3.63) is 35.9 Å². The molecule has 0 aliphatic heterocycles. The van der Waals surface area contributed by atoms with Gasteiger partial charge in [0.25, 0.3) is 0 Å². The van der Waals surface area contributed by atoms with E-state index in [0.29, 0.717) is 12.1 Å². The van der Waals surface area contributed by atoms with Gasteiger partial charge in [0.15, 0.2) is 0 Å². The Bertz CT molecular complexity index is 340. The summed E-state index contributed by atoms with van der Waals surface area (Å²) < 4.78 is 5.62. The highest BCUT2D eigenvalue weighted by molar-refractivity contribution is 5.19. The number of rotatable bonds is 10. The van der Waals surface area contributed by atoms with Crippen molar-refractivity contribution in [3.63, 3.8) is 0 Å². The van der Waals surface area contributed by atoms with E-state index in [2.05, 4.69) is 68.4 Å². The second-order valence-electron chi connectivity index (χ2n) is 5.60. The van der Waals surface area contributed by atoms with E-state index in [0.717, 1.165) is 32.7 Å². The summed E-state index contributed by atoms with van der Waals surface area (Å²) in [7, 11) is 2.16. The molecule has 114 valence electrons. The number of likely N-dealkylation sites (N-methyl/N-ethyl adjacent to an activating group) is 1. The zero-order valence-electron chi connectivity index (χ0n) is 13.4. The molecule has 0 heterocycles. The summed E-state index contributed by atoms with van der Waals surface area (Å²) >= 11 is 0.